The minimum atomic E-state index is -1.44. The number of hydrogen-bond acceptors (Lipinski definition) is 5. The molecule has 0 aliphatic heterocycles. The van der Waals surface area contributed by atoms with E-state index in [0.717, 1.165) is 35.0 Å². The van der Waals surface area contributed by atoms with Crippen LogP contribution in [0.3, 0.4) is 0 Å². The average Bonchev–Trinajstić information content (AvgIpc) is 3.38. The lowest BCUT2D eigenvalue weighted by Gasteiger charge is -2.14. The summed E-state index contributed by atoms with van der Waals surface area (Å²) >= 11 is 0. The molecule has 35 heavy (non-hydrogen) atoms. The molecule has 3 aromatic carbocycles. The predicted octanol–water partition coefficient (Wildman–Crippen LogP) is 4.09. The number of nitrogens with zero attached hydrogens (tertiary/aromatic N) is 1. The van der Waals surface area contributed by atoms with E-state index in [0.29, 0.717) is 5.56 Å². The summed E-state index contributed by atoms with van der Waals surface area (Å²) in [6.45, 7) is 0. The predicted molar refractivity (Wildman–Crippen MR) is 125 cm³/mol. The molecular formula is C25H17N3O7. The van der Waals surface area contributed by atoms with Crippen molar-refractivity contribution >= 4 is 29.5 Å². The Morgan fingerprint density at radius 3 is 2.06 bits per heavy atom. The molecule has 10 heteroatoms. The van der Waals surface area contributed by atoms with Gasteiger partial charge in [0.05, 0.1) is 46.2 Å². The second-order valence-corrected chi connectivity index (χ2v) is 7.40. The summed E-state index contributed by atoms with van der Waals surface area (Å²) in [5, 5.41) is 30.7. The third-order valence-corrected chi connectivity index (χ3v) is 5.27. The van der Waals surface area contributed by atoms with Gasteiger partial charge in [-0.1, -0.05) is 30.3 Å². The van der Waals surface area contributed by atoms with E-state index >= 15 is 0 Å². The van der Waals surface area contributed by atoms with Gasteiger partial charge in [0.15, 0.2) is 0 Å². The van der Waals surface area contributed by atoms with Crippen LogP contribution < -0.4 is 5.32 Å². The number of anilines is 1. The van der Waals surface area contributed by atoms with Crippen LogP contribution in [-0.2, 0) is 0 Å². The van der Waals surface area contributed by atoms with E-state index in [1.807, 2.05) is 18.2 Å². The second kappa shape index (κ2) is 9.32. The zero-order chi connectivity index (χ0) is 25.1. The Balaban J connectivity index is 1.80. The van der Waals surface area contributed by atoms with Gasteiger partial charge < -0.3 is 25.6 Å². The first-order chi connectivity index (χ1) is 16.8. The average molecular weight is 471 g/mol. The maximum atomic E-state index is 13.0. The number of aromatic carboxylic acids is 3. The quantitative estimate of drug-likeness (QED) is 0.268. The minimum Gasteiger partial charge on any atom is -0.478 e. The van der Waals surface area contributed by atoms with Crippen LogP contribution in [0.4, 0.5) is 5.69 Å². The third kappa shape index (κ3) is 4.62. The monoisotopic (exact) mass is 471 g/mol. The Morgan fingerprint density at radius 1 is 0.743 bits per heavy atom. The molecule has 5 N–H and O–H groups in total. The first-order valence-electron chi connectivity index (χ1n) is 10.1. The first-order valence-corrected chi connectivity index (χ1v) is 10.1. The van der Waals surface area contributed by atoms with Crippen molar-refractivity contribution in [2.24, 2.45) is 0 Å². The molecule has 0 saturated heterocycles. The number of benzene rings is 3. The van der Waals surface area contributed by atoms with E-state index in [-0.39, 0.29) is 16.8 Å². The van der Waals surface area contributed by atoms with Crippen LogP contribution in [0.25, 0.3) is 22.4 Å². The van der Waals surface area contributed by atoms with Gasteiger partial charge in [-0.2, -0.15) is 0 Å². The van der Waals surface area contributed by atoms with Crippen LogP contribution in [-0.4, -0.2) is 49.1 Å². The molecular weight excluding hydrogens is 454 g/mol. The summed E-state index contributed by atoms with van der Waals surface area (Å²) in [5.41, 5.74) is 1.36. The summed E-state index contributed by atoms with van der Waals surface area (Å²) in [5.74, 6) is -5.06. The van der Waals surface area contributed by atoms with Crippen LogP contribution in [0.2, 0.25) is 0 Å². The highest BCUT2D eigenvalue weighted by atomic mass is 16.4. The van der Waals surface area contributed by atoms with Gasteiger partial charge >= 0.3 is 17.9 Å². The lowest BCUT2D eigenvalue weighted by atomic mass is 9.96. The number of carbonyl (C=O) groups is 4. The van der Waals surface area contributed by atoms with Gasteiger partial charge in [-0.05, 0) is 41.5 Å². The molecule has 0 spiro atoms. The zero-order valence-corrected chi connectivity index (χ0v) is 17.9. The number of H-pyrrole nitrogens is 1. The van der Waals surface area contributed by atoms with Gasteiger partial charge in [-0.3, -0.25) is 4.79 Å². The summed E-state index contributed by atoms with van der Waals surface area (Å²) in [4.78, 5) is 54.8. The van der Waals surface area contributed by atoms with Crippen LogP contribution in [0, 0.1) is 0 Å². The number of aromatic nitrogens is 2. The number of amides is 1. The van der Waals surface area contributed by atoms with E-state index in [1.54, 1.807) is 18.3 Å². The Morgan fingerprint density at radius 2 is 1.43 bits per heavy atom. The van der Waals surface area contributed by atoms with Crippen molar-refractivity contribution in [1.29, 1.82) is 0 Å². The number of carbonyl (C=O) groups excluding carboxylic acids is 1. The van der Waals surface area contributed by atoms with E-state index in [4.69, 9.17) is 0 Å². The molecule has 0 aliphatic carbocycles. The summed E-state index contributed by atoms with van der Waals surface area (Å²) in [6, 6.07) is 14.7. The summed E-state index contributed by atoms with van der Waals surface area (Å²) in [7, 11) is 0. The van der Waals surface area contributed by atoms with Crippen molar-refractivity contribution in [3.8, 4) is 22.4 Å². The molecule has 0 fully saturated rings. The Hall–Kier alpha value is -5.25. The van der Waals surface area contributed by atoms with Crippen molar-refractivity contribution in [3.63, 3.8) is 0 Å². The highest BCUT2D eigenvalue weighted by Crippen LogP contribution is 2.33. The fourth-order valence-corrected chi connectivity index (χ4v) is 3.62. The third-order valence-electron chi connectivity index (χ3n) is 5.27. The zero-order valence-electron chi connectivity index (χ0n) is 17.9. The van der Waals surface area contributed by atoms with Crippen LogP contribution >= 0.6 is 0 Å². The van der Waals surface area contributed by atoms with Crippen molar-refractivity contribution in [1.82, 2.24) is 9.97 Å². The SMILES string of the molecule is O=C(O)c1ccc(C(=O)O)c(C(=O)Nc2cc(-c3ccccc3-c3cnc[nH]3)ccc2C(=O)O)c1. The molecule has 0 unspecified atom stereocenters. The van der Waals surface area contributed by atoms with Crippen LogP contribution in [0.15, 0.2) is 73.2 Å². The molecule has 1 amide bonds. The molecule has 0 bridgehead atoms. The number of rotatable bonds is 7. The Labute approximate surface area is 197 Å². The minimum absolute atomic E-state index is 0.0866. The van der Waals surface area contributed by atoms with Gasteiger partial charge in [-0.15, -0.1) is 0 Å². The Bertz CT molecular complexity index is 1480. The normalized spacial score (nSPS) is 10.5. The van der Waals surface area contributed by atoms with E-state index < -0.39 is 34.9 Å². The van der Waals surface area contributed by atoms with Crippen molar-refractivity contribution < 1.29 is 34.5 Å². The maximum Gasteiger partial charge on any atom is 0.337 e. The summed E-state index contributed by atoms with van der Waals surface area (Å²) in [6.07, 6.45) is 3.16. The number of nitrogens with one attached hydrogen (secondary N) is 2. The van der Waals surface area contributed by atoms with E-state index in [2.05, 4.69) is 15.3 Å². The number of aromatic amines is 1. The number of carboxylic acids is 3. The standard InChI is InChI=1S/C25H17N3O7/c29-22(19-9-14(23(30)31)6-7-17(19)24(32)33)28-20-10-13(5-8-18(20)25(34)35)15-3-1-2-4-16(15)21-11-26-12-27-21/h1-12H,(H,26,27)(H,28,29)(H,30,31)(H,32,33)(H,34,35). The Kier molecular flexibility index (Phi) is 6.10. The topological polar surface area (TPSA) is 170 Å². The second-order valence-electron chi connectivity index (χ2n) is 7.40. The van der Waals surface area contributed by atoms with Crippen molar-refractivity contribution in [3.05, 3.63) is 95.4 Å². The van der Waals surface area contributed by atoms with E-state index in [1.165, 1.54) is 18.5 Å². The number of imidazole rings is 1. The highest BCUT2D eigenvalue weighted by molar-refractivity contribution is 6.13. The molecule has 4 rings (SSSR count). The highest BCUT2D eigenvalue weighted by Gasteiger charge is 2.22. The van der Waals surface area contributed by atoms with E-state index in [9.17, 15) is 34.5 Å². The first kappa shape index (κ1) is 22.9. The molecule has 0 aliphatic rings. The fourth-order valence-electron chi connectivity index (χ4n) is 3.62. The molecule has 0 atom stereocenters. The van der Waals surface area contributed by atoms with Crippen LogP contribution in [0.1, 0.15) is 41.4 Å². The molecule has 0 radical (unpaired) electrons. The van der Waals surface area contributed by atoms with Gasteiger partial charge in [0.2, 0.25) is 0 Å². The lowest BCUT2D eigenvalue weighted by molar-refractivity contribution is 0.0679. The fraction of sp³-hybridized carbons (Fsp3) is 0. The van der Waals surface area contributed by atoms with Crippen LogP contribution in [0.5, 0.6) is 0 Å². The van der Waals surface area contributed by atoms with Gasteiger partial charge in [0.25, 0.3) is 5.91 Å². The molecule has 1 aromatic heterocycles. The smallest absolute Gasteiger partial charge is 0.337 e. The molecule has 4 aromatic rings. The molecule has 10 nitrogen and oxygen atoms in total. The lowest BCUT2D eigenvalue weighted by Crippen LogP contribution is -2.19. The van der Waals surface area contributed by atoms with Crippen molar-refractivity contribution in [2.75, 3.05) is 5.32 Å². The number of hydrogen-bond donors (Lipinski definition) is 5. The molecule has 1 heterocycles. The largest absolute Gasteiger partial charge is 0.478 e. The van der Waals surface area contributed by atoms with Gasteiger partial charge in [0, 0.05) is 5.56 Å². The molecule has 174 valence electrons. The maximum absolute atomic E-state index is 13.0. The number of carboxylic acid groups (broad SMARTS) is 3. The molecule has 0 saturated carbocycles. The van der Waals surface area contributed by atoms with Gasteiger partial charge in [0.1, 0.15) is 0 Å². The summed E-state index contributed by atoms with van der Waals surface area (Å²) < 4.78 is 0. The van der Waals surface area contributed by atoms with Gasteiger partial charge in [-0.25, -0.2) is 19.4 Å². The van der Waals surface area contributed by atoms with Crippen molar-refractivity contribution in [2.45, 2.75) is 0 Å².